The summed E-state index contributed by atoms with van der Waals surface area (Å²) in [6, 6.07) is 11.9. The summed E-state index contributed by atoms with van der Waals surface area (Å²) in [5.41, 5.74) is -0.119. The quantitative estimate of drug-likeness (QED) is 0.528. The van der Waals surface area contributed by atoms with Crippen LogP contribution in [0.3, 0.4) is 0 Å². The molecule has 1 unspecified atom stereocenters. The van der Waals surface area contributed by atoms with Crippen molar-refractivity contribution in [2.45, 2.75) is 5.92 Å². The fourth-order valence-corrected chi connectivity index (χ4v) is 3.29. The average molecular weight is 431 g/mol. The maximum atomic E-state index is 11.9. The minimum absolute atomic E-state index is 0. The second-order valence-corrected chi connectivity index (χ2v) is 6.53. The number of hydrogen-bond donors (Lipinski definition) is 0. The summed E-state index contributed by atoms with van der Waals surface area (Å²) >= 11 is 18.6. The summed E-state index contributed by atoms with van der Waals surface area (Å²) in [5, 5.41) is 13.0. The van der Waals surface area contributed by atoms with Gasteiger partial charge >= 0.3 is 29.6 Å². The Morgan fingerprint density at radius 2 is 1.67 bits per heavy atom. The van der Waals surface area contributed by atoms with Crippen LogP contribution in [0.2, 0.25) is 15.1 Å². The molecule has 0 radical (unpaired) electrons. The number of H-pyrrole nitrogens is 1. The van der Waals surface area contributed by atoms with Crippen LogP contribution in [0.5, 0.6) is 0 Å². The molecule has 0 aliphatic heterocycles. The summed E-state index contributed by atoms with van der Waals surface area (Å²) in [6.07, 6.45) is 1.03. The molecule has 27 heavy (non-hydrogen) atoms. The molecule has 3 aromatic rings. The molecule has 1 atom stereocenters. The Kier molecular flexibility index (Phi) is 7.29. The van der Waals surface area contributed by atoms with Gasteiger partial charge in [0.25, 0.3) is 0 Å². The molecule has 1 N–H and O–H groups in total. The van der Waals surface area contributed by atoms with Crippen LogP contribution in [0.25, 0.3) is 5.69 Å². The number of nitrogens with zero attached hydrogens (tertiary/aromatic N) is 3. The molecule has 0 bridgehead atoms. The third kappa shape index (κ3) is 4.64. The first-order valence-electron chi connectivity index (χ1n) is 7.24. The van der Waals surface area contributed by atoms with E-state index >= 15 is 0 Å². The molecule has 0 amide bonds. The van der Waals surface area contributed by atoms with E-state index in [-0.39, 0.29) is 45.3 Å². The number of benzene rings is 2. The zero-order valence-corrected chi connectivity index (χ0v) is 18.2. The average Bonchev–Trinajstić information content (AvgIpc) is 2.59. The number of halogens is 3. The normalized spacial score (nSPS) is 11.3. The minimum atomic E-state index is -0.799. The third-order valence-electron chi connectivity index (χ3n) is 3.66. The van der Waals surface area contributed by atoms with Crippen molar-refractivity contribution in [2.75, 3.05) is 0 Å². The molecule has 6 nitrogen and oxygen atoms in total. The second-order valence-electron chi connectivity index (χ2n) is 5.28. The van der Waals surface area contributed by atoms with Gasteiger partial charge in [0.2, 0.25) is 17.4 Å². The molecule has 0 aliphatic carbocycles. The van der Waals surface area contributed by atoms with Crippen LogP contribution in [0, 0.1) is 11.3 Å². The van der Waals surface area contributed by atoms with Crippen molar-refractivity contribution >= 4 is 34.8 Å². The fraction of sp³-hybridized carbons (Fsp3) is 0.0588. The molecular formula is C17H9Cl3N4NaO2+. The Balaban J connectivity index is 0.00000261. The van der Waals surface area contributed by atoms with E-state index in [4.69, 9.17) is 34.8 Å². The van der Waals surface area contributed by atoms with E-state index in [1.165, 1.54) is 12.1 Å². The SMILES string of the molecule is N#CC(c1ccc(Cl)cc1)c1c(Cl)cc(-n2[nH+]cc(=O)[n-]c2=O)cc1Cl.[Na+]. The zero-order chi connectivity index (χ0) is 18.8. The van der Waals surface area contributed by atoms with E-state index in [0.717, 1.165) is 10.9 Å². The molecule has 130 valence electrons. The van der Waals surface area contributed by atoms with E-state index < -0.39 is 17.2 Å². The summed E-state index contributed by atoms with van der Waals surface area (Å²) in [4.78, 5) is 26.3. The standard InChI is InChI=1S/C17H9Cl3N4O2.Na/c18-10-3-1-9(2-4-10)12(7-21)16-13(19)5-11(6-14(16)20)24-17(26)23-15(25)8-22-24;/h1-6,8,12H,(H,23,25,26);/q;+1. The van der Waals surface area contributed by atoms with Gasteiger partial charge in [0.15, 0.2) is 0 Å². The number of hydrogen-bond acceptors (Lipinski definition) is 3. The molecular weight excluding hydrogens is 422 g/mol. The molecule has 0 saturated carbocycles. The molecule has 1 heterocycles. The van der Waals surface area contributed by atoms with E-state index in [9.17, 15) is 14.9 Å². The van der Waals surface area contributed by atoms with Crippen LogP contribution in [0.4, 0.5) is 0 Å². The van der Waals surface area contributed by atoms with Crippen LogP contribution in [-0.4, -0.2) is 4.68 Å². The van der Waals surface area contributed by atoms with Crippen molar-refractivity contribution in [1.29, 1.82) is 5.26 Å². The molecule has 1 aromatic heterocycles. The summed E-state index contributed by atoms with van der Waals surface area (Å²) in [7, 11) is 0. The molecule has 0 aliphatic rings. The second kappa shape index (κ2) is 9.07. The molecule has 0 fully saturated rings. The van der Waals surface area contributed by atoms with Gasteiger partial charge < -0.3 is 4.98 Å². The maximum absolute atomic E-state index is 11.9. The third-order valence-corrected chi connectivity index (χ3v) is 4.53. The Morgan fingerprint density at radius 1 is 1.07 bits per heavy atom. The van der Waals surface area contributed by atoms with Crippen molar-refractivity contribution in [1.82, 2.24) is 9.67 Å². The van der Waals surface area contributed by atoms with Crippen molar-refractivity contribution in [3.05, 3.63) is 89.6 Å². The zero-order valence-electron chi connectivity index (χ0n) is 13.9. The van der Waals surface area contributed by atoms with Gasteiger partial charge in [-0.1, -0.05) is 46.9 Å². The molecule has 0 saturated heterocycles. The number of aromatic amines is 1. The summed E-state index contributed by atoms with van der Waals surface area (Å²) in [5.74, 6) is -0.718. The van der Waals surface area contributed by atoms with Gasteiger partial charge in [0, 0.05) is 26.3 Å². The van der Waals surface area contributed by atoms with E-state index in [2.05, 4.69) is 16.2 Å². The maximum Gasteiger partial charge on any atom is 1.00 e. The Bertz CT molecular complexity index is 1110. The van der Waals surface area contributed by atoms with Gasteiger partial charge in [0.1, 0.15) is 0 Å². The fourth-order valence-electron chi connectivity index (χ4n) is 2.47. The van der Waals surface area contributed by atoms with Crippen LogP contribution in [0.15, 0.2) is 52.2 Å². The molecule has 3 rings (SSSR count). The predicted octanol–water partition coefficient (Wildman–Crippen LogP) is -0.411. The van der Waals surface area contributed by atoms with Crippen molar-refractivity contribution in [2.24, 2.45) is 0 Å². The van der Waals surface area contributed by atoms with E-state index in [0.29, 0.717) is 16.1 Å². The number of rotatable bonds is 3. The first-order chi connectivity index (χ1) is 12.4. The summed E-state index contributed by atoms with van der Waals surface area (Å²) in [6.45, 7) is 0. The largest absolute Gasteiger partial charge is 1.00 e. The van der Waals surface area contributed by atoms with Gasteiger partial charge in [-0.15, -0.1) is 0 Å². The molecule has 2 aromatic carbocycles. The number of nitrogens with one attached hydrogen (secondary N) is 1. The Morgan fingerprint density at radius 3 is 2.19 bits per heavy atom. The van der Waals surface area contributed by atoms with Gasteiger partial charge in [-0.3, -0.25) is 9.59 Å². The van der Waals surface area contributed by atoms with Crippen LogP contribution in [-0.2, 0) is 0 Å². The smallest absolute Gasteiger partial charge is 0.356 e. The topological polar surface area (TPSA) is 91.1 Å². The summed E-state index contributed by atoms with van der Waals surface area (Å²) < 4.78 is 1.02. The van der Waals surface area contributed by atoms with Crippen molar-refractivity contribution < 1.29 is 34.7 Å². The van der Waals surface area contributed by atoms with Gasteiger partial charge in [-0.05, 0) is 29.8 Å². The number of nitriles is 1. The van der Waals surface area contributed by atoms with Crippen LogP contribution >= 0.6 is 34.8 Å². The van der Waals surface area contributed by atoms with Crippen molar-refractivity contribution in [3.8, 4) is 11.8 Å². The van der Waals surface area contributed by atoms with Crippen LogP contribution in [0.1, 0.15) is 17.0 Å². The monoisotopic (exact) mass is 429 g/mol. The molecule has 10 heteroatoms. The van der Waals surface area contributed by atoms with E-state index in [1.807, 2.05) is 0 Å². The van der Waals surface area contributed by atoms with Gasteiger partial charge in [-0.25, -0.2) is 0 Å². The predicted molar refractivity (Wildman–Crippen MR) is 97.1 cm³/mol. The van der Waals surface area contributed by atoms with Gasteiger partial charge in [-0.2, -0.15) is 15.0 Å². The van der Waals surface area contributed by atoms with Gasteiger partial charge in [0.05, 0.1) is 12.0 Å². The Labute approximate surface area is 190 Å². The van der Waals surface area contributed by atoms with Crippen LogP contribution < -0.4 is 50.9 Å². The Hall–Kier alpha value is -1.59. The van der Waals surface area contributed by atoms with E-state index in [1.54, 1.807) is 24.3 Å². The minimum Gasteiger partial charge on any atom is -0.356 e. The first-order valence-corrected chi connectivity index (χ1v) is 8.37. The van der Waals surface area contributed by atoms with Crippen molar-refractivity contribution in [3.63, 3.8) is 0 Å². The number of aromatic nitrogens is 3. The molecule has 0 spiro atoms. The first kappa shape index (κ1) is 21.7.